The minimum absolute atomic E-state index is 0. The third kappa shape index (κ3) is 6.55. The summed E-state index contributed by atoms with van der Waals surface area (Å²) in [6.07, 6.45) is 0.0429. The predicted octanol–water partition coefficient (Wildman–Crippen LogP) is 0.712. The number of hydrogen-bond acceptors (Lipinski definition) is 3. The molecule has 3 N–H and O–H groups in total. The Morgan fingerprint density at radius 1 is 1.43 bits per heavy atom. The number of halogens is 2. The maximum Gasteiger partial charge on any atom is 0.241 e. The topological polar surface area (TPSA) is 75.4 Å². The number of nitrogens with zero attached hydrogens (tertiary/aromatic N) is 1. The summed E-state index contributed by atoms with van der Waals surface area (Å²) in [4.78, 5) is 24.9. The van der Waals surface area contributed by atoms with E-state index in [0.717, 1.165) is 0 Å². The molecule has 0 aromatic heterocycles. The average molecular weight is 318 g/mol. The highest BCUT2D eigenvalue weighted by molar-refractivity contribution is 5.86. The highest BCUT2D eigenvalue weighted by Crippen LogP contribution is 2.04. The lowest BCUT2D eigenvalue weighted by Crippen LogP contribution is -2.45. The molecule has 0 aliphatic rings. The third-order valence-corrected chi connectivity index (χ3v) is 3.09. The number of hydrogen-bond donors (Lipinski definition) is 2. The lowest BCUT2D eigenvalue weighted by molar-refractivity contribution is -0.133. The van der Waals surface area contributed by atoms with E-state index in [4.69, 9.17) is 5.73 Å². The van der Waals surface area contributed by atoms with Crippen LogP contribution in [0.25, 0.3) is 0 Å². The zero-order valence-corrected chi connectivity index (χ0v) is 13.0. The maximum atomic E-state index is 13.0. The molecule has 0 bridgehead atoms. The molecule has 0 fully saturated rings. The summed E-state index contributed by atoms with van der Waals surface area (Å²) in [5.41, 5.74) is 6.03. The van der Waals surface area contributed by atoms with Gasteiger partial charge < -0.3 is 16.0 Å². The Morgan fingerprint density at radius 2 is 2.10 bits per heavy atom. The van der Waals surface area contributed by atoms with Crippen LogP contribution >= 0.6 is 12.4 Å². The molecule has 1 unspecified atom stereocenters. The number of benzene rings is 1. The molecule has 0 aliphatic heterocycles. The highest BCUT2D eigenvalue weighted by Gasteiger charge is 2.15. The Hall–Kier alpha value is -1.66. The fourth-order valence-corrected chi connectivity index (χ4v) is 1.60. The first-order valence-electron chi connectivity index (χ1n) is 6.41. The summed E-state index contributed by atoms with van der Waals surface area (Å²) in [6, 6.07) is 5.73. The van der Waals surface area contributed by atoms with Gasteiger partial charge in [0.05, 0.1) is 13.0 Å². The number of amides is 2. The average Bonchev–Trinajstić information content (AvgIpc) is 2.43. The van der Waals surface area contributed by atoms with Gasteiger partial charge in [-0.2, -0.15) is 0 Å². The van der Waals surface area contributed by atoms with Crippen LogP contribution in [0.1, 0.15) is 12.5 Å². The van der Waals surface area contributed by atoms with Gasteiger partial charge in [-0.15, -0.1) is 12.4 Å². The second-order valence-corrected chi connectivity index (χ2v) is 4.67. The maximum absolute atomic E-state index is 13.0. The van der Waals surface area contributed by atoms with E-state index in [1.165, 1.54) is 17.0 Å². The molecule has 1 aromatic rings. The van der Waals surface area contributed by atoms with Gasteiger partial charge in [-0.25, -0.2) is 4.39 Å². The molecular formula is C14H21ClFN3O2. The quantitative estimate of drug-likeness (QED) is 0.811. The molecule has 0 radical (unpaired) electrons. The van der Waals surface area contributed by atoms with Crippen LogP contribution < -0.4 is 11.1 Å². The molecule has 0 heterocycles. The fourth-order valence-electron chi connectivity index (χ4n) is 1.60. The van der Waals surface area contributed by atoms with E-state index in [1.54, 1.807) is 19.2 Å². The summed E-state index contributed by atoms with van der Waals surface area (Å²) in [5.74, 6) is -0.920. The number of nitrogens with two attached hydrogens (primary N) is 1. The molecule has 7 heteroatoms. The number of carbonyl (C=O) groups excluding carboxylic acids is 2. The molecule has 2 amide bonds. The van der Waals surface area contributed by atoms with E-state index in [2.05, 4.69) is 5.32 Å². The van der Waals surface area contributed by atoms with Crippen molar-refractivity contribution >= 4 is 24.2 Å². The first kappa shape index (κ1) is 19.3. The minimum atomic E-state index is -0.386. The molecule has 0 aliphatic carbocycles. The smallest absolute Gasteiger partial charge is 0.241 e. The molecule has 1 rings (SSSR count). The number of nitrogens with one attached hydrogen (secondary N) is 1. The zero-order valence-electron chi connectivity index (χ0n) is 12.1. The molecule has 1 atom stereocenters. The molecule has 0 saturated carbocycles. The van der Waals surface area contributed by atoms with E-state index in [0.29, 0.717) is 12.1 Å². The predicted molar refractivity (Wildman–Crippen MR) is 81.6 cm³/mol. The molecule has 1 aromatic carbocycles. The van der Waals surface area contributed by atoms with Crippen LogP contribution in [0.2, 0.25) is 0 Å². The van der Waals surface area contributed by atoms with Crippen molar-refractivity contribution in [2.45, 2.75) is 19.4 Å². The largest absolute Gasteiger partial charge is 0.347 e. The molecule has 21 heavy (non-hydrogen) atoms. The van der Waals surface area contributed by atoms with Gasteiger partial charge in [0.1, 0.15) is 5.82 Å². The van der Waals surface area contributed by atoms with Gasteiger partial charge in [0.2, 0.25) is 11.8 Å². The third-order valence-electron chi connectivity index (χ3n) is 3.09. The molecular weight excluding hydrogens is 297 g/mol. The number of carbonyl (C=O) groups is 2. The molecule has 0 saturated heterocycles. The zero-order chi connectivity index (χ0) is 15.1. The van der Waals surface area contributed by atoms with E-state index in [1.807, 2.05) is 6.92 Å². The van der Waals surface area contributed by atoms with Crippen molar-refractivity contribution in [3.05, 3.63) is 35.6 Å². The lowest BCUT2D eigenvalue weighted by atomic mass is 10.1. The fraction of sp³-hybridized carbons (Fsp3) is 0.429. The van der Waals surface area contributed by atoms with E-state index in [-0.39, 0.29) is 49.0 Å². The number of rotatable bonds is 6. The first-order chi connectivity index (χ1) is 9.43. The van der Waals surface area contributed by atoms with Gasteiger partial charge in [0.25, 0.3) is 0 Å². The van der Waals surface area contributed by atoms with Crippen molar-refractivity contribution in [1.29, 1.82) is 0 Å². The number of likely N-dealkylation sites (N-methyl/N-ethyl adjacent to an activating group) is 1. The summed E-state index contributed by atoms with van der Waals surface area (Å²) in [7, 11) is 1.64. The monoisotopic (exact) mass is 317 g/mol. The normalized spacial score (nSPS) is 11.2. The standard InChI is InChI=1S/C14H20FN3O2.ClH/c1-10(8-16)18(2)14(20)9-17-13(19)7-11-4-3-5-12(15)6-11;/h3-6,10H,7-9,16H2,1-2H3,(H,17,19);1H. The van der Waals surface area contributed by atoms with Crippen molar-refractivity contribution in [2.24, 2.45) is 5.73 Å². The summed E-state index contributed by atoms with van der Waals surface area (Å²) in [6.45, 7) is 2.10. The highest BCUT2D eigenvalue weighted by atomic mass is 35.5. The Kier molecular flexibility index (Phi) is 8.57. The lowest BCUT2D eigenvalue weighted by Gasteiger charge is -2.23. The van der Waals surface area contributed by atoms with Crippen LogP contribution in [0.5, 0.6) is 0 Å². The van der Waals surface area contributed by atoms with Crippen LogP contribution in [0, 0.1) is 5.82 Å². The van der Waals surface area contributed by atoms with Crippen LogP contribution in [0.15, 0.2) is 24.3 Å². The second kappa shape index (κ2) is 9.31. The van der Waals surface area contributed by atoms with Gasteiger partial charge in [-0.05, 0) is 24.6 Å². The van der Waals surface area contributed by atoms with Gasteiger partial charge in [-0.1, -0.05) is 12.1 Å². The van der Waals surface area contributed by atoms with Crippen molar-refractivity contribution in [3.63, 3.8) is 0 Å². The van der Waals surface area contributed by atoms with Crippen LogP contribution in [0.3, 0.4) is 0 Å². The van der Waals surface area contributed by atoms with E-state index in [9.17, 15) is 14.0 Å². The van der Waals surface area contributed by atoms with Crippen LogP contribution in [0.4, 0.5) is 4.39 Å². The second-order valence-electron chi connectivity index (χ2n) is 4.67. The van der Waals surface area contributed by atoms with Gasteiger partial charge in [-0.3, -0.25) is 9.59 Å². The van der Waals surface area contributed by atoms with E-state index >= 15 is 0 Å². The first-order valence-corrected chi connectivity index (χ1v) is 6.41. The summed E-state index contributed by atoms with van der Waals surface area (Å²) < 4.78 is 13.0. The Labute approximate surface area is 130 Å². The van der Waals surface area contributed by atoms with E-state index < -0.39 is 0 Å². The van der Waals surface area contributed by atoms with Crippen molar-refractivity contribution in [2.75, 3.05) is 20.1 Å². The van der Waals surface area contributed by atoms with Gasteiger partial charge in [0.15, 0.2) is 0 Å². The Balaban J connectivity index is 0.00000400. The Morgan fingerprint density at radius 3 is 2.67 bits per heavy atom. The Bertz CT molecular complexity index is 485. The minimum Gasteiger partial charge on any atom is -0.347 e. The van der Waals surface area contributed by atoms with Crippen LogP contribution in [-0.4, -0.2) is 42.9 Å². The summed E-state index contributed by atoms with van der Waals surface area (Å²) >= 11 is 0. The van der Waals surface area contributed by atoms with Crippen molar-refractivity contribution in [1.82, 2.24) is 10.2 Å². The van der Waals surface area contributed by atoms with Crippen LogP contribution in [-0.2, 0) is 16.0 Å². The van der Waals surface area contributed by atoms with Gasteiger partial charge >= 0.3 is 0 Å². The molecule has 118 valence electrons. The van der Waals surface area contributed by atoms with Crippen molar-refractivity contribution in [3.8, 4) is 0 Å². The molecule has 0 spiro atoms. The summed E-state index contributed by atoms with van der Waals surface area (Å²) in [5, 5.41) is 2.52. The molecule has 5 nitrogen and oxygen atoms in total. The van der Waals surface area contributed by atoms with Crippen molar-refractivity contribution < 1.29 is 14.0 Å². The SMILES string of the molecule is CC(CN)N(C)C(=O)CNC(=O)Cc1cccc(F)c1.Cl. The van der Waals surface area contributed by atoms with Gasteiger partial charge in [0, 0.05) is 19.6 Å².